The standard InChI is InChI=1S/C83H162O17P2/c1-7-9-11-13-15-17-19-21-22-23-24-28-32-35-41-47-53-59-65-80(85)93-71-78(99-83(88)68-62-56-50-43-37-33-29-26-25-27-31-34-39-45-51-57-63-75(3)4)73-97-101(89,90)95-69-77(84)70-96-102(91,92)98-74-79(72-94-81(86)66-60-54-48-44-38-40-46-52-58-64-76(5)6)100-82(87)67-61-55-49-42-36-30-20-18-16-14-12-10-8-2/h75-79,84H,7-74H2,1-6H3,(H,89,90)(H,91,92)/t77-,78-,79-/m1/s1. The number of esters is 4. The first-order chi connectivity index (χ1) is 49.4. The third kappa shape index (κ3) is 76.3. The molecule has 0 aliphatic heterocycles. The van der Waals surface area contributed by atoms with E-state index >= 15 is 0 Å². The Balaban J connectivity index is 5.25. The highest BCUT2D eigenvalue weighted by Gasteiger charge is 2.30. The van der Waals surface area contributed by atoms with Crippen LogP contribution in [0.3, 0.4) is 0 Å². The van der Waals surface area contributed by atoms with Crippen LogP contribution in [-0.4, -0.2) is 96.7 Å². The summed E-state index contributed by atoms with van der Waals surface area (Å²) in [7, 11) is -9.92. The van der Waals surface area contributed by atoms with Crippen molar-refractivity contribution in [1.82, 2.24) is 0 Å². The average Bonchev–Trinajstić information content (AvgIpc) is 0.921. The van der Waals surface area contributed by atoms with Crippen LogP contribution >= 0.6 is 15.6 Å². The topological polar surface area (TPSA) is 237 Å². The second kappa shape index (κ2) is 74.5. The molecule has 0 amide bonds. The first kappa shape index (κ1) is 100. The summed E-state index contributed by atoms with van der Waals surface area (Å²) in [5, 5.41) is 10.7. The van der Waals surface area contributed by atoms with Gasteiger partial charge in [0.2, 0.25) is 0 Å². The minimum Gasteiger partial charge on any atom is -0.462 e. The van der Waals surface area contributed by atoms with Gasteiger partial charge in [-0.05, 0) is 37.5 Å². The second-order valence-electron chi connectivity index (χ2n) is 30.8. The van der Waals surface area contributed by atoms with E-state index in [0.717, 1.165) is 102 Å². The van der Waals surface area contributed by atoms with Gasteiger partial charge in [-0.3, -0.25) is 37.3 Å². The molecule has 0 aromatic heterocycles. The summed E-state index contributed by atoms with van der Waals surface area (Å²) in [5.41, 5.74) is 0. The predicted octanol–water partition coefficient (Wildman–Crippen LogP) is 25.1. The molecule has 3 N–H and O–H groups in total. The number of hydrogen-bond donors (Lipinski definition) is 3. The van der Waals surface area contributed by atoms with Crippen LogP contribution in [-0.2, 0) is 65.4 Å². The van der Waals surface area contributed by atoms with Gasteiger partial charge in [0, 0.05) is 25.7 Å². The summed E-state index contributed by atoms with van der Waals surface area (Å²) in [6.45, 7) is 9.67. The number of hydrogen-bond acceptors (Lipinski definition) is 15. The highest BCUT2D eigenvalue weighted by molar-refractivity contribution is 7.47. The molecule has 606 valence electrons. The molecule has 0 spiro atoms. The van der Waals surface area contributed by atoms with E-state index < -0.39 is 97.5 Å². The zero-order valence-electron chi connectivity index (χ0n) is 66.9. The van der Waals surface area contributed by atoms with E-state index in [9.17, 15) is 43.2 Å². The van der Waals surface area contributed by atoms with Crippen molar-refractivity contribution in [2.45, 2.75) is 458 Å². The Morgan fingerprint density at radius 3 is 0.667 bits per heavy atom. The van der Waals surface area contributed by atoms with Gasteiger partial charge in [0.25, 0.3) is 0 Å². The molecule has 2 unspecified atom stereocenters. The summed E-state index contributed by atoms with van der Waals surface area (Å²) in [4.78, 5) is 73.1. The lowest BCUT2D eigenvalue weighted by Crippen LogP contribution is -2.30. The van der Waals surface area contributed by atoms with Gasteiger partial charge in [0.05, 0.1) is 26.4 Å². The van der Waals surface area contributed by atoms with E-state index in [-0.39, 0.29) is 25.7 Å². The van der Waals surface area contributed by atoms with Crippen molar-refractivity contribution >= 4 is 39.5 Å². The van der Waals surface area contributed by atoms with Crippen LogP contribution in [0.4, 0.5) is 0 Å². The van der Waals surface area contributed by atoms with Crippen LogP contribution in [0.5, 0.6) is 0 Å². The van der Waals surface area contributed by atoms with E-state index in [1.165, 1.54) is 257 Å². The Kier molecular flexibility index (Phi) is 73.1. The monoisotopic (exact) mass is 1490 g/mol. The van der Waals surface area contributed by atoms with Crippen molar-refractivity contribution in [2.75, 3.05) is 39.6 Å². The molecule has 19 heteroatoms. The van der Waals surface area contributed by atoms with E-state index in [0.29, 0.717) is 25.7 Å². The Morgan fingerprint density at radius 2 is 0.451 bits per heavy atom. The number of phosphoric acid groups is 2. The maximum absolute atomic E-state index is 13.1. The van der Waals surface area contributed by atoms with Gasteiger partial charge in [-0.2, -0.15) is 0 Å². The number of aliphatic hydroxyl groups excluding tert-OH is 1. The van der Waals surface area contributed by atoms with Gasteiger partial charge in [-0.15, -0.1) is 0 Å². The Bertz CT molecular complexity index is 1960. The van der Waals surface area contributed by atoms with Gasteiger partial charge in [-0.25, -0.2) is 9.13 Å². The van der Waals surface area contributed by atoms with Crippen molar-refractivity contribution in [1.29, 1.82) is 0 Å². The van der Waals surface area contributed by atoms with Crippen molar-refractivity contribution < 1.29 is 80.2 Å². The first-order valence-electron chi connectivity index (χ1n) is 43.0. The molecule has 0 rings (SSSR count). The van der Waals surface area contributed by atoms with Crippen molar-refractivity contribution in [3.8, 4) is 0 Å². The largest absolute Gasteiger partial charge is 0.472 e. The Labute approximate surface area is 626 Å². The summed E-state index contributed by atoms with van der Waals surface area (Å²) in [6.07, 6.45) is 65.2. The highest BCUT2D eigenvalue weighted by atomic mass is 31.2. The number of unbranched alkanes of at least 4 members (excludes halogenated alkanes) is 52. The fourth-order valence-corrected chi connectivity index (χ4v) is 14.5. The summed E-state index contributed by atoms with van der Waals surface area (Å²) in [5.74, 6) is -0.551. The summed E-state index contributed by atoms with van der Waals surface area (Å²) < 4.78 is 68.8. The molecule has 0 aromatic rings. The number of aliphatic hydroxyl groups is 1. The molecule has 5 atom stereocenters. The minimum atomic E-state index is -4.96. The normalized spacial score (nSPS) is 13.9. The van der Waals surface area contributed by atoms with Crippen molar-refractivity contribution in [2.24, 2.45) is 11.8 Å². The van der Waals surface area contributed by atoms with E-state index in [1.54, 1.807) is 0 Å². The zero-order valence-corrected chi connectivity index (χ0v) is 68.7. The Hall–Kier alpha value is -1.94. The minimum absolute atomic E-state index is 0.108. The van der Waals surface area contributed by atoms with Gasteiger partial charge < -0.3 is 33.8 Å². The first-order valence-corrected chi connectivity index (χ1v) is 46.0. The van der Waals surface area contributed by atoms with Crippen LogP contribution in [0.15, 0.2) is 0 Å². The van der Waals surface area contributed by atoms with Crippen LogP contribution < -0.4 is 0 Å². The van der Waals surface area contributed by atoms with E-state index in [1.807, 2.05) is 0 Å². The van der Waals surface area contributed by atoms with Gasteiger partial charge in [0.1, 0.15) is 19.3 Å². The molecule has 17 nitrogen and oxygen atoms in total. The lowest BCUT2D eigenvalue weighted by atomic mass is 10.0. The average molecular weight is 1490 g/mol. The molecule has 0 bridgehead atoms. The van der Waals surface area contributed by atoms with Gasteiger partial charge in [0.15, 0.2) is 12.2 Å². The van der Waals surface area contributed by atoms with Crippen molar-refractivity contribution in [3.05, 3.63) is 0 Å². The van der Waals surface area contributed by atoms with Crippen LogP contribution in [0.1, 0.15) is 440 Å². The third-order valence-corrected chi connectivity index (χ3v) is 21.4. The number of ether oxygens (including phenoxy) is 4. The lowest BCUT2D eigenvalue weighted by Gasteiger charge is -2.21. The maximum atomic E-state index is 13.1. The molecule has 0 heterocycles. The van der Waals surface area contributed by atoms with Gasteiger partial charge in [-0.1, -0.05) is 388 Å². The quantitative estimate of drug-likeness (QED) is 0.0222. The maximum Gasteiger partial charge on any atom is 0.472 e. The highest BCUT2D eigenvalue weighted by Crippen LogP contribution is 2.45. The zero-order chi connectivity index (χ0) is 74.9. The van der Waals surface area contributed by atoms with Crippen molar-refractivity contribution in [3.63, 3.8) is 0 Å². The summed E-state index contributed by atoms with van der Waals surface area (Å²) in [6, 6.07) is 0. The molecule has 102 heavy (non-hydrogen) atoms. The van der Waals surface area contributed by atoms with Crippen LogP contribution in [0.25, 0.3) is 0 Å². The molecule has 0 radical (unpaired) electrons. The summed E-state index contributed by atoms with van der Waals surface area (Å²) >= 11 is 0. The van der Waals surface area contributed by atoms with Gasteiger partial charge >= 0.3 is 39.5 Å². The van der Waals surface area contributed by atoms with E-state index in [4.69, 9.17) is 37.0 Å². The lowest BCUT2D eigenvalue weighted by molar-refractivity contribution is -0.161. The number of rotatable bonds is 82. The molecule has 0 aliphatic carbocycles. The second-order valence-corrected chi connectivity index (χ2v) is 33.7. The third-order valence-electron chi connectivity index (χ3n) is 19.5. The molecule has 0 aliphatic rings. The fourth-order valence-electron chi connectivity index (χ4n) is 12.9. The number of phosphoric ester groups is 2. The number of carbonyl (C=O) groups excluding carboxylic acids is 4. The van der Waals surface area contributed by atoms with E-state index in [2.05, 4.69) is 41.5 Å². The fraction of sp³-hybridized carbons (Fsp3) is 0.952. The SMILES string of the molecule is CCCCCCCCCCCCCCCCCCCCC(=O)OC[C@H](COP(=O)(O)OC[C@@H](O)COP(=O)(O)OC[C@@H](COC(=O)CCCCCCCCCCCC(C)C)OC(=O)CCCCCCCCCCCCCCC)OC(=O)CCCCCCCCCCCCCCCCCCC(C)C. The Morgan fingerprint density at radius 1 is 0.265 bits per heavy atom. The van der Waals surface area contributed by atoms with Crippen LogP contribution in [0.2, 0.25) is 0 Å². The smallest absolute Gasteiger partial charge is 0.462 e. The molecule has 0 fully saturated rings. The molecule has 0 aromatic carbocycles. The molecular weight excluding hydrogens is 1330 g/mol. The predicted molar refractivity (Wildman–Crippen MR) is 418 cm³/mol. The molecular formula is C83H162O17P2. The molecule has 0 saturated carbocycles. The molecule has 0 saturated heterocycles. The van der Waals surface area contributed by atoms with Crippen LogP contribution in [0, 0.1) is 11.8 Å². The number of carbonyl (C=O) groups is 4.